The SMILES string of the molecule is C=CCN(Cc1ccc(Cl)s1)S(=O)(=O)c1ccnc(Cl)c1. The van der Waals surface area contributed by atoms with E-state index in [1.54, 1.807) is 12.1 Å². The van der Waals surface area contributed by atoms with Crippen LogP contribution in [-0.4, -0.2) is 24.3 Å². The molecule has 0 aliphatic heterocycles. The Kier molecular flexibility index (Phi) is 5.40. The van der Waals surface area contributed by atoms with Crippen molar-refractivity contribution in [1.82, 2.24) is 9.29 Å². The topological polar surface area (TPSA) is 50.3 Å². The second-order valence-electron chi connectivity index (χ2n) is 4.11. The first kappa shape index (κ1) is 16.5. The summed E-state index contributed by atoms with van der Waals surface area (Å²) >= 11 is 13.0. The Balaban J connectivity index is 2.34. The molecule has 0 radical (unpaired) electrons. The van der Waals surface area contributed by atoms with Crippen LogP contribution in [0.3, 0.4) is 0 Å². The molecule has 8 heteroatoms. The molecular formula is C13H12Cl2N2O2S2. The third-order valence-corrected chi connectivity index (χ3v) is 5.86. The Hall–Kier alpha value is -0.920. The van der Waals surface area contributed by atoms with Crippen LogP contribution in [0.15, 0.2) is 48.0 Å². The average Bonchev–Trinajstić information content (AvgIpc) is 2.84. The zero-order valence-corrected chi connectivity index (χ0v) is 14.0. The van der Waals surface area contributed by atoms with Gasteiger partial charge in [-0.15, -0.1) is 17.9 Å². The minimum atomic E-state index is -3.67. The largest absolute Gasteiger partial charge is 0.244 e. The van der Waals surface area contributed by atoms with Crippen molar-refractivity contribution in [1.29, 1.82) is 0 Å². The van der Waals surface area contributed by atoms with E-state index in [0.717, 1.165) is 4.88 Å². The fourth-order valence-corrected chi connectivity index (χ4v) is 4.52. The van der Waals surface area contributed by atoms with Gasteiger partial charge >= 0.3 is 0 Å². The number of rotatable bonds is 6. The molecule has 0 saturated carbocycles. The van der Waals surface area contributed by atoms with Gasteiger partial charge in [0.2, 0.25) is 10.0 Å². The summed E-state index contributed by atoms with van der Waals surface area (Å²) < 4.78 is 27.2. The minimum absolute atomic E-state index is 0.104. The van der Waals surface area contributed by atoms with Gasteiger partial charge in [0, 0.05) is 24.2 Å². The molecule has 2 aromatic heterocycles. The van der Waals surface area contributed by atoms with E-state index in [0.29, 0.717) is 4.34 Å². The van der Waals surface area contributed by atoms with E-state index in [1.807, 2.05) is 0 Å². The van der Waals surface area contributed by atoms with Crippen molar-refractivity contribution >= 4 is 44.6 Å². The highest BCUT2D eigenvalue weighted by Crippen LogP contribution is 2.25. The first-order valence-corrected chi connectivity index (χ1v) is 8.91. The fourth-order valence-electron chi connectivity index (χ4n) is 1.70. The summed E-state index contributed by atoms with van der Waals surface area (Å²) in [5.74, 6) is 0. The zero-order valence-electron chi connectivity index (χ0n) is 10.9. The second kappa shape index (κ2) is 6.89. The molecule has 4 nitrogen and oxygen atoms in total. The maximum atomic E-state index is 12.6. The molecule has 0 aromatic carbocycles. The quantitative estimate of drug-likeness (QED) is 0.579. The van der Waals surface area contributed by atoms with Crippen molar-refractivity contribution < 1.29 is 8.42 Å². The molecule has 2 heterocycles. The van der Waals surface area contributed by atoms with E-state index in [9.17, 15) is 8.42 Å². The number of hydrogen-bond donors (Lipinski definition) is 0. The van der Waals surface area contributed by atoms with Crippen LogP contribution < -0.4 is 0 Å². The van der Waals surface area contributed by atoms with E-state index in [1.165, 1.54) is 40.0 Å². The molecule has 2 rings (SSSR count). The van der Waals surface area contributed by atoms with Gasteiger partial charge in [-0.25, -0.2) is 13.4 Å². The lowest BCUT2D eigenvalue weighted by atomic mass is 10.4. The fraction of sp³-hybridized carbons (Fsp3) is 0.154. The van der Waals surface area contributed by atoms with Crippen molar-refractivity contribution in [3.05, 3.63) is 57.5 Å². The van der Waals surface area contributed by atoms with Gasteiger partial charge in [0.15, 0.2) is 0 Å². The van der Waals surface area contributed by atoms with E-state index < -0.39 is 10.0 Å². The molecule has 0 N–H and O–H groups in total. The molecule has 2 aromatic rings. The Labute approximate surface area is 137 Å². The molecule has 0 unspecified atom stereocenters. The van der Waals surface area contributed by atoms with Crippen molar-refractivity contribution in [2.45, 2.75) is 11.4 Å². The highest BCUT2D eigenvalue weighted by molar-refractivity contribution is 7.89. The number of sulfonamides is 1. The molecule has 0 amide bonds. The van der Waals surface area contributed by atoms with Gasteiger partial charge in [-0.05, 0) is 24.3 Å². The van der Waals surface area contributed by atoms with Gasteiger partial charge in [-0.1, -0.05) is 29.3 Å². The molecule has 21 heavy (non-hydrogen) atoms. The molecular weight excluding hydrogens is 351 g/mol. The number of aromatic nitrogens is 1. The first-order chi connectivity index (χ1) is 9.93. The van der Waals surface area contributed by atoms with Gasteiger partial charge < -0.3 is 0 Å². The van der Waals surface area contributed by atoms with Gasteiger partial charge in [0.1, 0.15) is 5.15 Å². The lowest BCUT2D eigenvalue weighted by Gasteiger charge is -2.20. The van der Waals surface area contributed by atoms with Crippen LogP contribution in [0.4, 0.5) is 0 Å². The summed E-state index contributed by atoms with van der Waals surface area (Å²) in [6.07, 6.45) is 2.90. The number of pyridine rings is 1. The summed E-state index contributed by atoms with van der Waals surface area (Å²) in [7, 11) is -3.67. The highest BCUT2D eigenvalue weighted by Gasteiger charge is 2.24. The minimum Gasteiger partial charge on any atom is -0.244 e. The smallest absolute Gasteiger partial charge is 0.243 e. The zero-order chi connectivity index (χ0) is 15.5. The summed E-state index contributed by atoms with van der Waals surface area (Å²) in [6.45, 7) is 4.02. The van der Waals surface area contributed by atoms with E-state index in [2.05, 4.69) is 11.6 Å². The van der Waals surface area contributed by atoms with Gasteiger partial charge in [0.05, 0.1) is 9.23 Å². The second-order valence-corrected chi connectivity index (χ2v) is 8.23. The van der Waals surface area contributed by atoms with Crippen molar-refractivity contribution in [2.24, 2.45) is 0 Å². The summed E-state index contributed by atoms with van der Waals surface area (Å²) in [5.41, 5.74) is 0. The third-order valence-electron chi connectivity index (χ3n) is 2.63. The Morgan fingerprint density at radius 1 is 1.33 bits per heavy atom. The van der Waals surface area contributed by atoms with Crippen LogP contribution in [0.25, 0.3) is 0 Å². The standard InChI is InChI=1S/C13H12Cl2N2O2S2/c1-2-7-17(9-10-3-4-13(15)20-10)21(18,19)11-5-6-16-12(14)8-11/h2-6,8H,1,7,9H2. The molecule has 0 aliphatic carbocycles. The van der Waals surface area contributed by atoms with E-state index >= 15 is 0 Å². The maximum Gasteiger partial charge on any atom is 0.243 e. The maximum absolute atomic E-state index is 12.6. The first-order valence-electron chi connectivity index (χ1n) is 5.90. The lowest BCUT2D eigenvalue weighted by molar-refractivity contribution is 0.441. The van der Waals surface area contributed by atoms with Crippen molar-refractivity contribution in [3.63, 3.8) is 0 Å². The summed E-state index contributed by atoms with van der Waals surface area (Å²) in [5, 5.41) is 0.133. The van der Waals surface area contributed by atoms with E-state index in [-0.39, 0.29) is 23.1 Å². The van der Waals surface area contributed by atoms with E-state index in [4.69, 9.17) is 23.2 Å². The van der Waals surface area contributed by atoms with Gasteiger partial charge in [-0.3, -0.25) is 0 Å². The number of halogens is 2. The summed E-state index contributed by atoms with van der Waals surface area (Å²) in [4.78, 5) is 4.75. The molecule has 0 atom stereocenters. The van der Waals surface area contributed by atoms with Crippen molar-refractivity contribution in [3.8, 4) is 0 Å². The monoisotopic (exact) mass is 362 g/mol. The van der Waals surface area contributed by atoms with Crippen LogP contribution in [0.5, 0.6) is 0 Å². The number of thiophene rings is 1. The number of nitrogens with zero attached hydrogens (tertiary/aromatic N) is 2. The Morgan fingerprint density at radius 2 is 2.10 bits per heavy atom. The molecule has 0 spiro atoms. The van der Waals surface area contributed by atoms with Crippen molar-refractivity contribution in [2.75, 3.05) is 6.54 Å². The Morgan fingerprint density at radius 3 is 2.67 bits per heavy atom. The molecule has 0 aliphatic rings. The van der Waals surface area contributed by atoms with Gasteiger partial charge in [0.25, 0.3) is 0 Å². The van der Waals surface area contributed by atoms with Crippen LogP contribution in [0, 0.1) is 0 Å². The van der Waals surface area contributed by atoms with Gasteiger partial charge in [-0.2, -0.15) is 4.31 Å². The predicted octanol–water partition coefficient (Wildman–Crippen LogP) is 3.83. The Bertz CT molecular complexity index is 744. The third kappa shape index (κ3) is 4.05. The molecule has 112 valence electrons. The van der Waals surface area contributed by atoms with Crippen LogP contribution in [0.1, 0.15) is 4.88 Å². The summed E-state index contributed by atoms with van der Waals surface area (Å²) in [6, 6.07) is 6.29. The van der Waals surface area contributed by atoms with Crippen LogP contribution >= 0.6 is 34.5 Å². The van der Waals surface area contributed by atoms with Crippen LogP contribution in [-0.2, 0) is 16.6 Å². The predicted molar refractivity (Wildman–Crippen MR) is 86.4 cm³/mol. The lowest BCUT2D eigenvalue weighted by Crippen LogP contribution is -2.30. The highest BCUT2D eigenvalue weighted by atomic mass is 35.5. The number of hydrogen-bond acceptors (Lipinski definition) is 4. The molecule has 0 bridgehead atoms. The van der Waals surface area contributed by atoms with Crippen LogP contribution in [0.2, 0.25) is 9.49 Å². The normalized spacial score (nSPS) is 11.8. The average molecular weight is 363 g/mol. The molecule has 0 fully saturated rings. The molecule has 0 saturated heterocycles.